The van der Waals surface area contributed by atoms with Crippen molar-refractivity contribution >= 4 is 11.8 Å². The van der Waals surface area contributed by atoms with Crippen LogP contribution in [0.2, 0.25) is 0 Å². The molecule has 33 heavy (non-hydrogen) atoms. The summed E-state index contributed by atoms with van der Waals surface area (Å²) in [6, 6.07) is 8.69. The second-order valence-electron chi connectivity index (χ2n) is 7.84. The summed E-state index contributed by atoms with van der Waals surface area (Å²) in [5.41, 5.74) is 1.78. The van der Waals surface area contributed by atoms with Crippen LogP contribution in [0, 0.1) is 11.6 Å². The Morgan fingerprint density at radius 1 is 1.12 bits per heavy atom. The highest BCUT2D eigenvalue weighted by molar-refractivity contribution is 5.96. The summed E-state index contributed by atoms with van der Waals surface area (Å²) in [7, 11) is 1.72. The first-order chi connectivity index (χ1) is 15.9. The molecule has 0 saturated heterocycles. The van der Waals surface area contributed by atoms with Crippen molar-refractivity contribution in [2.24, 2.45) is 7.05 Å². The highest BCUT2D eigenvalue weighted by Gasteiger charge is 2.31. The quantitative estimate of drug-likeness (QED) is 0.655. The molecule has 0 fully saturated rings. The SMILES string of the molecule is Cn1nc(C(=O)NCc2ccc3c(c2)OCO3)c2c1CCN(C(=O)c1c(F)cccc1F)C2. The predicted octanol–water partition coefficient (Wildman–Crippen LogP) is 2.56. The van der Waals surface area contributed by atoms with Gasteiger partial charge in [-0.25, -0.2) is 8.78 Å². The maximum absolute atomic E-state index is 14.1. The van der Waals surface area contributed by atoms with E-state index in [-0.39, 0.29) is 32.1 Å². The van der Waals surface area contributed by atoms with Gasteiger partial charge in [0.25, 0.3) is 11.8 Å². The van der Waals surface area contributed by atoms with E-state index in [0.717, 1.165) is 23.4 Å². The van der Waals surface area contributed by atoms with Gasteiger partial charge in [-0.15, -0.1) is 0 Å². The maximum atomic E-state index is 14.1. The summed E-state index contributed by atoms with van der Waals surface area (Å²) in [5, 5.41) is 7.17. The summed E-state index contributed by atoms with van der Waals surface area (Å²) in [5.74, 6) is -1.73. The Hall–Kier alpha value is -3.95. The lowest BCUT2D eigenvalue weighted by Gasteiger charge is -2.28. The van der Waals surface area contributed by atoms with Gasteiger partial charge in [-0.3, -0.25) is 14.3 Å². The van der Waals surface area contributed by atoms with E-state index in [1.54, 1.807) is 23.9 Å². The monoisotopic (exact) mass is 454 g/mol. The Bertz CT molecular complexity index is 1250. The fraction of sp³-hybridized carbons (Fsp3) is 0.261. The van der Waals surface area contributed by atoms with Crippen LogP contribution >= 0.6 is 0 Å². The molecule has 0 saturated carbocycles. The Morgan fingerprint density at radius 3 is 2.67 bits per heavy atom. The van der Waals surface area contributed by atoms with Crippen LogP contribution in [0.1, 0.15) is 37.7 Å². The molecule has 2 amide bonds. The van der Waals surface area contributed by atoms with E-state index < -0.39 is 29.0 Å². The summed E-state index contributed by atoms with van der Waals surface area (Å²) in [6.45, 7) is 0.696. The standard InChI is InChI=1S/C23H20F2N4O4/c1-28-17-7-8-29(23(31)20-15(24)3-2-4-16(20)25)11-14(17)21(27-28)22(30)26-10-13-5-6-18-19(9-13)33-12-32-18/h2-6,9H,7-8,10-12H2,1H3,(H,26,30). The molecule has 0 radical (unpaired) electrons. The number of amides is 2. The molecule has 2 aliphatic heterocycles. The minimum atomic E-state index is -0.918. The van der Waals surface area contributed by atoms with E-state index in [9.17, 15) is 18.4 Å². The fourth-order valence-electron chi connectivity index (χ4n) is 4.13. The lowest BCUT2D eigenvalue weighted by atomic mass is 10.0. The summed E-state index contributed by atoms with van der Waals surface area (Å²) >= 11 is 0. The van der Waals surface area contributed by atoms with Crippen LogP contribution in [0.15, 0.2) is 36.4 Å². The topological polar surface area (TPSA) is 85.7 Å². The summed E-state index contributed by atoms with van der Waals surface area (Å²) in [6.07, 6.45) is 0.413. The third-order valence-electron chi connectivity index (χ3n) is 5.81. The zero-order valence-electron chi connectivity index (χ0n) is 17.7. The number of benzene rings is 2. The normalized spacial score (nSPS) is 14.2. The van der Waals surface area contributed by atoms with Gasteiger partial charge in [-0.05, 0) is 29.8 Å². The molecule has 5 rings (SSSR count). The zero-order valence-corrected chi connectivity index (χ0v) is 17.7. The molecule has 0 spiro atoms. The van der Waals surface area contributed by atoms with E-state index in [1.165, 1.54) is 11.0 Å². The maximum Gasteiger partial charge on any atom is 0.272 e. The first kappa shape index (κ1) is 20.9. The van der Waals surface area contributed by atoms with Crippen molar-refractivity contribution < 1.29 is 27.8 Å². The van der Waals surface area contributed by atoms with Gasteiger partial charge in [-0.2, -0.15) is 5.10 Å². The van der Waals surface area contributed by atoms with Crippen LogP contribution < -0.4 is 14.8 Å². The Morgan fingerprint density at radius 2 is 1.88 bits per heavy atom. The van der Waals surface area contributed by atoms with E-state index in [0.29, 0.717) is 23.5 Å². The molecule has 3 aromatic rings. The van der Waals surface area contributed by atoms with E-state index in [1.807, 2.05) is 6.07 Å². The first-order valence-electron chi connectivity index (χ1n) is 10.4. The van der Waals surface area contributed by atoms with E-state index in [2.05, 4.69) is 10.4 Å². The van der Waals surface area contributed by atoms with Gasteiger partial charge in [0.2, 0.25) is 6.79 Å². The molecular formula is C23H20F2N4O4. The molecule has 0 aliphatic carbocycles. The Labute approximate surface area is 187 Å². The van der Waals surface area contributed by atoms with Gasteiger partial charge < -0.3 is 19.7 Å². The number of hydrogen-bond donors (Lipinski definition) is 1. The number of nitrogens with one attached hydrogen (secondary N) is 1. The average molecular weight is 454 g/mol. The smallest absolute Gasteiger partial charge is 0.272 e. The molecule has 2 aliphatic rings. The molecule has 8 nitrogen and oxygen atoms in total. The number of fused-ring (bicyclic) bond motifs is 2. The number of halogens is 2. The molecule has 1 aromatic heterocycles. The van der Waals surface area contributed by atoms with Crippen molar-refractivity contribution in [1.29, 1.82) is 0 Å². The second-order valence-corrected chi connectivity index (χ2v) is 7.84. The van der Waals surface area contributed by atoms with Gasteiger partial charge in [0.15, 0.2) is 17.2 Å². The molecule has 10 heteroatoms. The van der Waals surface area contributed by atoms with Crippen molar-refractivity contribution in [2.75, 3.05) is 13.3 Å². The third-order valence-corrected chi connectivity index (χ3v) is 5.81. The van der Waals surface area contributed by atoms with Crippen LogP contribution in [-0.4, -0.2) is 39.8 Å². The van der Waals surface area contributed by atoms with Gasteiger partial charge in [0.1, 0.15) is 17.2 Å². The molecule has 2 aromatic carbocycles. The van der Waals surface area contributed by atoms with Crippen LogP contribution in [0.5, 0.6) is 11.5 Å². The predicted molar refractivity (Wildman–Crippen MR) is 112 cm³/mol. The molecule has 1 N–H and O–H groups in total. The Balaban J connectivity index is 1.34. The minimum absolute atomic E-state index is 0.0303. The largest absolute Gasteiger partial charge is 0.454 e. The molecule has 3 heterocycles. The van der Waals surface area contributed by atoms with Crippen LogP contribution in [0.4, 0.5) is 8.78 Å². The highest BCUT2D eigenvalue weighted by Crippen LogP contribution is 2.32. The fourth-order valence-corrected chi connectivity index (χ4v) is 4.13. The van der Waals surface area contributed by atoms with Gasteiger partial charge in [0, 0.05) is 37.8 Å². The molecule has 0 bridgehead atoms. The number of carbonyl (C=O) groups is 2. The van der Waals surface area contributed by atoms with Crippen LogP contribution in [0.25, 0.3) is 0 Å². The highest BCUT2D eigenvalue weighted by atomic mass is 19.1. The number of nitrogens with zero attached hydrogens (tertiary/aromatic N) is 3. The lowest BCUT2D eigenvalue weighted by molar-refractivity contribution is 0.0720. The first-order valence-corrected chi connectivity index (χ1v) is 10.4. The van der Waals surface area contributed by atoms with Crippen molar-refractivity contribution in [2.45, 2.75) is 19.5 Å². The number of ether oxygens (including phenoxy) is 2. The van der Waals surface area contributed by atoms with Crippen molar-refractivity contribution in [1.82, 2.24) is 20.0 Å². The molecular weight excluding hydrogens is 434 g/mol. The van der Waals surface area contributed by atoms with Crippen LogP contribution in [0.3, 0.4) is 0 Å². The van der Waals surface area contributed by atoms with Crippen molar-refractivity contribution in [3.8, 4) is 11.5 Å². The van der Waals surface area contributed by atoms with Crippen LogP contribution in [-0.2, 0) is 26.6 Å². The molecule has 0 atom stereocenters. The number of carbonyl (C=O) groups excluding carboxylic acids is 2. The third kappa shape index (κ3) is 3.77. The van der Waals surface area contributed by atoms with Crippen molar-refractivity contribution in [3.05, 3.63) is 76.1 Å². The lowest BCUT2D eigenvalue weighted by Crippen LogP contribution is -2.38. The number of rotatable bonds is 4. The van der Waals surface area contributed by atoms with E-state index >= 15 is 0 Å². The summed E-state index contributed by atoms with van der Waals surface area (Å²) < 4.78 is 40.5. The molecule has 0 unspecified atom stereocenters. The van der Waals surface area contributed by atoms with Crippen molar-refractivity contribution in [3.63, 3.8) is 0 Å². The second kappa shape index (κ2) is 8.19. The number of aryl methyl sites for hydroxylation is 1. The van der Waals surface area contributed by atoms with E-state index in [4.69, 9.17) is 9.47 Å². The Kier molecular flexibility index (Phi) is 5.20. The van der Waals surface area contributed by atoms with Gasteiger partial charge in [-0.1, -0.05) is 12.1 Å². The van der Waals surface area contributed by atoms with Gasteiger partial charge in [0.05, 0.1) is 6.54 Å². The zero-order chi connectivity index (χ0) is 23.1. The average Bonchev–Trinajstić information content (AvgIpc) is 3.41. The minimum Gasteiger partial charge on any atom is -0.454 e. The molecule has 170 valence electrons. The van der Waals surface area contributed by atoms with Gasteiger partial charge >= 0.3 is 0 Å². The number of hydrogen-bond acceptors (Lipinski definition) is 5. The number of aromatic nitrogens is 2. The summed E-state index contributed by atoms with van der Waals surface area (Å²) in [4.78, 5) is 27.1.